The second-order valence-electron chi connectivity index (χ2n) is 4.11. The Balaban J connectivity index is 1.95. The Morgan fingerprint density at radius 2 is 2.53 bits per heavy atom. The minimum atomic E-state index is 0.630. The van der Waals surface area contributed by atoms with E-state index in [0.717, 1.165) is 32.6 Å². The topological polar surface area (TPSA) is 28.2 Å². The normalized spacial score (nSPS) is 23.2. The molecule has 1 fully saturated rings. The molecule has 0 amide bonds. The third kappa shape index (κ3) is 2.77. The van der Waals surface area contributed by atoms with E-state index in [1.165, 1.54) is 10.7 Å². The molecule has 15 heavy (non-hydrogen) atoms. The van der Waals surface area contributed by atoms with E-state index in [9.17, 15) is 0 Å². The van der Waals surface area contributed by atoms with Crippen molar-refractivity contribution >= 4 is 11.3 Å². The molecule has 4 heteroatoms. The van der Waals surface area contributed by atoms with Crippen molar-refractivity contribution in [3.63, 3.8) is 0 Å². The molecule has 3 nitrogen and oxygen atoms in total. The van der Waals surface area contributed by atoms with Crippen LogP contribution in [0.15, 0.2) is 5.38 Å². The molecule has 1 N–H and O–H groups in total. The lowest BCUT2D eigenvalue weighted by Gasteiger charge is -2.33. The second-order valence-corrected chi connectivity index (χ2v) is 5.05. The number of aryl methyl sites for hydroxylation is 1. The van der Waals surface area contributed by atoms with Gasteiger partial charge in [-0.25, -0.2) is 4.98 Å². The van der Waals surface area contributed by atoms with Crippen molar-refractivity contribution < 1.29 is 0 Å². The zero-order valence-electron chi connectivity index (χ0n) is 9.49. The molecule has 0 spiro atoms. The van der Waals surface area contributed by atoms with Gasteiger partial charge in [-0.3, -0.25) is 4.90 Å². The number of thiazole rings is 1. The largest absolute Gasteiger partial charge is 0.314 e. The lowest BCUT2D eigenvalue weighted by atomic mass is 10.2. The van der Waals surface area contributed by atoms with Gasteiger partial charge in [0.05, 0.1) is 10.7 Å². The van der Waals surface area contributed by atoms with Gasteiger partial charge in [-0.1, -0.05) is 6.92 Å². The van der Waals surface area contributed by atoms with Gasteiger partial charge >= 0.3 is 0 Å². The van der Waals surface area contributed by atoms with Gasteiger partial charge in [-0.2, -0.15) is 0 Å². The Morgan fingerprint density at radius 3 is 3.20 bits per heavy atom. The molecule has 1 aliphatic heterocycles. The maximum atomic E-state index is 4.61. The molecule has 0 saturated carbocycles. The summed E-state index contributed by atoms with van der Waals surface area (Å²) < 4.78 is 0. The van der Waals surface area contributed by atoms with Crippen LogP contribution in [0.1, 0.15) is 24.5 Å². The van der Waals surface area contributed by atoms with Crippen LogP contribution in [0, 0.1) is 0 Å². The predicted molar refractivity (Wildman–Crippen MR) is 64.2 cm³/mol. The Kier molecular flexibility index (Phi) is 3.72. The zero-order chi connectivity index (χ0) is 10.7. The highest BCUT2D eigenvalue weighted by atomic mass is 32.1. The van der Waals surface area contributed by atoms with Crippen LogP contribution in [0.3, 0.4) is 0 Å². The Hall–Kier alpha value is -0.450. The second kappa shape index (κ2) is 5.05. The summed E-state index contributed by atoms with van der Waals surface area (Å²) in [6, 6.07) is 0.630. The molecule has 0 radical (unpaired) electrons. The quantitative estimate of drug-likeness (QED) is 0.845. The number of rotatable bonds is 3. The minimum Gasteiger partial charge on any atom is -0.314 e. The fourth-order valence-electron chi connectivity index (χ4n) is 1.91. The van der Waals surface area contributed by atoms with Crippen LogP contribution in [-0.4, -0.2) is 35.6 Å². The molecule has 0 aliphatic carbocycles. The average Bonchev–Trinajstić information content (AvgIpc) is 2.69. The Labute approximate surface area is 95.5 Å². The summed E-state index contributed by atoms with van der Waals surface area (Å²) in [4.78, 5) is 7.12. The zero-order valence-corrected chi connectivity index (χ0v) is 10.3. The van der Waals surface area contributed by atoms with E-state index in [0.29, 0.717) is 6.04 Å². The fourth-order valence-corrected chi connectivity index (χ4v) is 2.65. The fraction of sp³-hybridized carbons (Fsp3) is 0.727. The summed E-state index contributed by atoms with van der Waals surface area (Å²) >= 11 is 1.79. The van der Waals surface area contributed by atoms with Gasteiger partial charge in [-0.05, 0) is 13.3 Å². The molecule has 1 atom stereocenters. The van der Waals surface area contributed by atoms with Crippen LogP contribution in [0.25, 0.3) is 0 Å². The molecule has 0 unspecified atom stereocenters. The third-order valence-electron chi connectivity index (χ3n) is 2.91. The highest BCUT2D eigenvalue weighted by Crippen LogP contribution is 2.14. The maximum absolute atomic E-state index is 4.61. The molecule has 84 valence electrons. The molecule has 2 heterocycles. The molecule has 1 saturated heterocycles. The first-order valence-electron chi connectivity index (χ1n) is 5.67. The first-order valence-corrected chi connectivity index (χ1v) is 6.55. The molecule has 0 aromatic carbocycles. The molecular formula is C11H19N3S. The van der Waals surface area contributed by atoms with Crippen molar-refractivity contribution in [3.8, 4) is 0 Å². The number of aromatic nitrogens is 1. The molecule has 1 aromatic rings. The van der Waals surface area contributed by atoms with Crippen molar-refractivity contribution in [2.75, 3.05) is 19.6 Å². The summed E-state index contributed by atoms with van der Waals surface area (Å²) in [5.74, 6) is 0. The summed E-state index contributed by atoms with van der Waals surface area (Å²) in [5.41, 5.74) is 1.24. The predicted octanol–water partition coefficient (Wildman–Crippen LogP) is 1.50. The lowest BCUT2D eigenvalue weighted by Crippen LogP contribution is -2.49. The van der Waals surface area contributed by atoms with Gasteiger partial charge in [-0.15, -0.1) is 11.3 Å². The van der Waals surface area contributed by atoms with Crippen molar-refractivity contribution in [3.05, 3.63) is 16.1 Å². The van der Waals surface area contributed by atoms with E-state index in [2.05, 4.69) is 34.4 Å². The highest BCUT2D eigenvalue weighted by Gasteiger charge is 2.18. The summed E-state index contributed by atoms with van der Waals surface area (Å²) in [5, 5.41) is 6.87. The molecule has 1 aromatic heterocycles. The summed E-state index contributed by atoms with van der Waals surface area (Å²) in [6.45, 7) is 8.80. The first-order chi connectivity index (χ1) is 7.29. The minimum absolute atomic E-state index is 0.630. The SMILES string of the molecule is CCc1nc(CN2CCNC[C@@H]2C)cs1. The maximum Gasteiger partial charge on any atom is 0.0926 e. The van der Waals surface area contributed by atoms with Gasteiger partial charge in [0, 0.05) is 37.6 Å². The van der Waals surface area contributed by atoms with E-state index in [4.69, 9.17) is 0 Å². The van der Waals surface area contributed by atoms with Gasteiger partial charge in [0.15, 0.2) is 0 Å². The number of hydrogen-bond donors (Lipinski definition) is 1. The number of nitrogens with one attached hydrogen (secondary N) is 1. The van der Waals surface area contributed by atoms with Crippen LogP contribution in [0.4, 0.5) is 0 Å². The Bertz CT molecular complexity index is 311. The van der Waals surface area contributed by atoms with E-state index in [1.807, 2.05) is 0 Å². The lowest BCUT2D eigenvalue weighted by molar-refractivity contribution is 0.164. The van der Waals surface area contributed by atoms with Crippen LogP contribution < -0.4 is 5.32 Å². The number of hydrogen-bond acceptors (Lipinski definition) is 4. The van der Waals surface area contributed by atoms with Crippen LogP contribution in [0.5, 0.6) is 0 Å². The van der Waals surface area contributed by atoms with Gasteiger partial charge in [0.25, 0.3) is 0 Å². The van der Waals surface area contributed by atoms with Crippen LogP contribution in [0.2, 0.25) is 0 Å². The average molecular weight is 225 g/mol. The monoisotopic (exact) mass is 225 g/mol. The highest BCUT2D eigenvalue weighted by molar-refractivity contribution is 7.09. The van der Waals surface area contributed by atoms with Gasteiger partial charge < -0.3 is 5.32 Å². The van der Waals surface area contributed by atoms with Crippen molar-refractivity contribution in [2.24, 2.45) is 0 Å². The van der Waals surface area contributed by atoms with E-state index in [-0.39, 0.29) is 0 Å². The Morgan fingerprint density at radius 1 is 1.67 bits per heavy atom. The van der Waals surface area contributed by atoms with Crippen molar-refractivity contribution in [2.45, 2.75) is 32.9 Å². The van der Waals surface area contributed by atoms with Gasteiger partial charge in [0.1, 0.15) is 0 Å². The van der Waals surface area contributed by atoms with Crippen LogP contribution >= 0.6 is 11.3 Å². The summed E-state index contributed by atoms with van der Waals surface area (Å²) in [6.07, 6.45) is 1.06. The summed E-state index contributed by atoms with van der Waals surface area (Å²) in [7, 11) is 0. The standard InChI is InChI=1S/C11H19N3S/c1-3-11-13-10(8-15-11)7-14-5-4-12-6-9(14)2/h8-9,12H,3-7H2,1-2H3/t9-/m0/s1. The van der Waals surface area contributed by atoms with Crippen LogP contribution in [-0.2, 0) is 13.0 Å². The van der Waals surface area contributed by atoms with E-state index < -0.39 is 0 Å². The van der Waals surface area contributed by atoms with E-state index in [1.54, 1.807) is 11.3 Å². The van der Waals surface area contributed by atoms with Crippen molar-refractivity contribution in [1.29, 1.82) is 0 Å². The van der Waals surface area contributed by atoms with Gasteiger partial charge in [0.2, 0.25) is 0 Å². The number of piperazine rings is 1. The smallest absolute Gasteiger partial charge is 0.0926 e. The number of nitrogens with zero attached hydrogens (tertiary/aromatic N) is 2. The molecular weight excluding hydrogens is 206 g/mol. The molecule has 2 rings (SSSR count). The molecule has 1 aliphatic rings. The van der Waals surface area contributed by atoms with E-state index >= 15 is 0 Å². The first kappa shape index (κ1) is 11.0. The third-order valence-corrected chi connectivity index (χ3v) is 3.95. The van der Waals surface area contributed by atoms with Crippen molar-refractivity contribution in [1.82, 2.24) is 15.2 Å². The molecule has 0 bridgehead atoms.